The highest BCUT2D eigenvalue weighted by molar-refractivity contribution is 6.56. The summed E-state index contributed by atoms with van der Waals surface area (Å²) in [6.45, 7) is 7.86. The molecule has 0 aliphatic carbocycles. The second-order valence-electron chi connectivity index (χ2n) is 8.61. The SMILES string of the molecule is CC1(C)OB(C(=Cc2ccc(F)cc2C=O)CNC(=O)OCc2ccccc2)OC1(C)C. The fourth-order valence-corrected chi connectivity index (χ4v) is 3.12. The van der Waals surface area contributed by atoms with Gasteiger partial charge >= 0.3 is 13.2 Å². The van der Waals surface area contributed by atoms with Crippen molar-refractivity contribution in [1.82, 2.24) is 5.32 Å². The van der Waals surface area contributed by atoms with Gasteiger partial charge in [0.1, 0.15) is 12.4 Å². The minimum absolute atomic E-state index is 0.0557. The number of carbonyl (C=O) groups excluding carboxylic acids is 2. The number of alkyl carbamates (subject to hydrolysis) is 1. The van der Waals surface area contributed by atoms with Crippen LogP contribution in [0.25, 0.3) is 6.08 Å². The molecule has 8 heteroatoms. The second kappa shape index (κ2) is 9.67. The van der Waals surface area contributed by atoms with Crippen LogP contribution in [0.3, 0.4) is 0 Å². The predicted octanol–water partition coefficient (Wildman–Crippen LogP) is 4.58. The molecule has 0 atom stereocenters. The van der Waals surface area contributed by atoms with Gasteiger partial charge in [-0.3, -0.25) is 4.79 Å². The van der Waals surface area contributed by atoms with Gasteiger partial charge in [-0.1, -0.05) is 42.5 Å². The molecular weight excluding hydrogens is 412 g/mol. The highest BCUT2D eigenvalue weighted by atomic mass is 19.1. The largest absolute Gasteiger partial charge is 0.492 e. The first-order chi connectivity index (χ1) is 15.1. The van der Waals surface area contributed by atoms with Crippen molar-refractivity contribution >= 4 is 25.6 Å². The number of halogens is 1. The Morgan fingerprint density at radius 2 is 1.72 bits per heavy atom. The second-order valence-corrected chi connectivity index (χ2v) is 8.61. The monoisotopic (exact) mass is 439 g/mol. The number of carbonyl (C=O) groups is 2. The van der Waals surface area contributed by atoms with Gasteiger partial charge in [-0.05, 0) is 56.4 Å². The molecule has 168 valence electrons. The van der Waals surface area contributed by atoms with E-state index < -0.39 is 30.2 Å². The molecule has 0 spiro atoms. The van der Waals surface area contributed by atoms with Gasteiger partial charge in [0, 0.05) is 12.1 Å². The molecule has 6 nitrogen and oxygen atoms in total. The van der Waals surface area contributed by atoms with Crippen LogP contribution in [-0.2, 0) is 20.7 Å². The molecular formula is C24H27BFNO5. The Kier molecular flexibility index (Phi) is 7.16. The molecule has 0 unspecified atom stereocenters. The van der Waals surface area contributed by atoms with Crippen LogP contribution in [0.2, 0.25) is 0 Å². The summed E-state index contributed by atoms with van der Waals surface area (Å²) in [6.07, 6.45) is 1.65. The van der Waals surface area contributed by atoms with E-state index in [0.717, 1.165) is 11.6 Å². The van der Waals surface area contributed by atoms with Crippen LogP contribution in [0.15, 0.2) is 54.0 Å². The lowest BCUT2D eigenvalue weighted by atomic mass is 9.76. The van der Waals surface area contributed by atoms with Crippen molar-refractivity contribution in [2.24, 2.45) is 0 Å². The molecule has 0 saturated carbocycles. The quantitative estimate of drug-likeness (QED) is 0.505. The van der Waals surface area contributed by atoms with Gasteiger partial charge in [-0.2, -0.15) is 0 Å². The Bertz CT molecular complexity index is 991. The molecule has 2 aromatic rings. The molecule has 1 N–H and O–H groups in total. The average Bonchev–Trinajstić information content (AvgIpc) is 2.97. The van der Waals surface area contributed by atoms with Gasteiger partial charge in [0.05, 0.1) is 11.2 Å². The van der Waals surface area contributed by atoms with Gasteiger partial charge in [0.2, 0.25) is 0 Å². The Labute approximate surface area is 187 Å². The maximum Gasteiger partial charge on any atom is 0.492 e. The van der Waals surface area contributed by atoms with E-state index in [0.29, 0.717) is 17.3 Å². The van der Waals surface area contributed by atoms with Gasteiger partial charge in [0.15, 0.2) is 6.29 Å². The fourth-order valence-electron chi connectivity index (χ4n) is 3.12. The van der Waals surface area contributed by atoms with Gasteiger partial charge in [0.25, 0.3) is 0 Å². The zero-order chi connectivity index (χ0) is 23.4. The van der Waals surface area contributed by atoms with E-state index in [4.69, 9.17) is 14.0 Å². The summed E-state index contributed by atoms with van der Waals surface area (Å²) in [5, 5.41) is 2.70. The first kappa shape index (κ1) is 23.7. The molecule has 0 bridgehead atoms. The summed E-state index contributed by atoms with van der Waals surface area (Å²) in [5.41, 5.74) is 0.916. The molecule has 1 aliphatic heterocycles. The van der Waals surface area contributed by atoms with E-state index in [1.807, 2.05) is 58.0 Å². The zero-order valence-electron chi connectivity index (χ0n) is 18.7. The predicted molar refractivity (Wildman–Crippen MR) is 120 cm³/mol. The number of aldehydes is 1. The average molecular weight is 439 g/mol. The highest BCUT2D eigenvalue weighted by Gasteiger charge is 2.52. The van der Waals surface area contributed by atoms with Crippen LogP contribution < -0.4 is 5.32 Å². The van der Waals surface area contributed by atoms with Crippen LogP contribution >= 0.6 is 0 Å². The number of rotatable bonds is 7. The maximum atomic E-state index is 13.6. The normalized spacial score (nSPS) is 17.2. The van der Waals surface area contributed by atoms with Crippen LogP contribution in [-0.4, -0.2) is 37.2 Å². The minimum atomic E-state index is -0.765. The van der Waals surface area contributed by atoms with Crippen LogP contribution in [0.4, 0.5) is 9.18 Å². The van der Waals surface area contributed by atoms with Crippen molar-refractivity contribution in [3.63, 3.8) is 0 Å². The van der Waals surface area contributed by atoms with Gasteiger partial charge in [-0.15, -0.1) is 0 Å². The van der Waals surface area contributed by atoms with E-state index in [-0.39, 0.29) is 18.7 Å². The Morgan fingerprint density at radius 1 is 1.06 bits per heavy atom. The number of benzene rings is 2. The molecule has 3 rings (SSSR count). The van der Waals surface area contributed by atoms with Crippen LogP contribution in [0, 0.1) is 5.82 Å². The Morgan fingerprint density at radius 3 is 2.34 bits per heavy atom. The van der Waals surface area contributed by atoms with Crippen molar-refractivity contribution in [2.75, 3.05) is 6.54 Å². The number of hydrogen-bond donors (Lipinski definition) is 1. The first-order valence-electron chi connectivity index (χ1n) is 10.4. The lowest BCUT2D eigenvalue weighted by molar-refractivity contribution is 0.00578. The summed E-state index contributed by atoms with van der Waals surface area (Å²) in [4.78, 5) is 23.7. The van der Waals surface area contributed by atoms with E-state index in [1.54, 1.807) is 6.08 Å². The molecule has 2 aromatic carbocycles. The Balaban J connectivity index is 1.78. The maximum absolute atomic E-state index is 13.6. The molecule has 1 amide bonds. The number of ether oxygens (including phenoxy) is 1. The molecule has 0 radical (unpaired) electrons. The van der Waals surface area contributed by atoms with Crippen molar-refractivity contribution in [2.45, 2.75) is 45.5 Å². The van der Waals surface area contributed by atoms with Crippen molar-refractivity contribution in [3.05, 3.63) is 76.5 Å². The highest BCUT2D eigenvalue weighted by Crippen LogP contribution is 2.38. The van der Waals surface area contributed by atoms with Crippen LogP contribution in [0.5, 0.6) is 0 Å². The summed E-state index contributed by atoms with van der Waals surface area (Å²) in [6, 6.07) is 13.2. The number of amides is 1. The summed E-state index contributed by atoms with van der Waals surface area (Å²) >= 11 is 0. The molecule has 0 aromatic heterocycles. The minimum Gasteiger partial charge on any atom is -0.445 e. The third-order valence-electron chi connectivity index (χ3n) is 5.72. The zero-order valence-corrected chi connectivity index (χ0v) is 18.7. The lowest BCUT2D eigenvalue weighted by Crippen LogP contribution is -2.41. The topological polar surface area (TPSA) is 73.9 Å². The van der Waals surface area contributed by atoms with E-state index >= 15 is 0 Å². The van der Waals surface area contributed by atoms with Crippen LogP contribution in [0.1, 0.15) is 49.2 Å². The van der Waals surface area contributed by atoms with Crippen molar-refractivity contribution in [3.8, 4) is 0 Å². The molecule has 1 aliphatic rings. The molecule has 1 fully saturated rings. The smallest absolute Gasteiger partial charge is 0.445 e. The van der Waals surface area contributed by atoms with Crippen molar-refractivity contribution < 1.29 is 28.0 Å². The van der Waals surface area contributed by atoms with Gasteiger partial charge in [-0.25, -0.2) is 9.18 Å². The third-order valence-corrected chi connectivity index (χ3v) is 5.72. The third kappa shape index (κ3) is 5.63. The van der Waals surface area contributed by atoms with E-state index in [1.165, 1.54) is 12.1 Å². The fraction of sp³-hybridized carbons (Fsp3) is 0.333. The molecule has 1 heterocycles. The lowest BCUT2D eigenvalue weighted by Gasteiger charge is -2.32. The summed E-state index contributed by atoms with van der Waals surface area (Å²) in [5.74, 6) is -0.510. The molecule has 32 heavy (non-hydrogen) atoms. The van der Waals surface area contributed by atoms with E-state index in [9.17, 15) is 14.0 Å². The number of nitrogens with one attached hydrogen (secondary N) is 1. The standard InChI is InChI=1S/C24H27BFNO5/c1-23(2)24(3,4)32-25(31-23)20(12-18-10-11-21(26)13-19(18)15-28)14-27-22(29)30-16-17-8-6-5-7-9-17/h5-13,15H,14,16H2,1-4H3,(H,27,29). The Hall–Kier alpha value is -2.97. The summed E-state index contributed by atoms with van der Waals surface area (Å²) < 4.78 is 31.0. The van der Waals surface area contributed by atoms with E-state index in [2.05, 4.69) is 5.32 Å². The van der Waals surface area contributed by atoms with Crippen molar-refractivity contribution in [1.29, 1.82) is 0 Å². The van der Waals surface area contributed by atoms with Gasteiger partial charge < -0.3 is 19.4 Å². The summed E-state index contributed by atoms with van der Waals surface area (Å²) in [7, 11) is -0.765. The molecule has 1 saturated heterocycles. The first-order valence-corrected chi connectivity index (χ1v) is 10.4. The number of hydrogen-bond acceptors (Lipinski definition) is 5.